The molecule has 0 saturated carbocycles. The maximum atomic E-state index is 11.2. The van der Waals surface area contributed by atoms with E-state index in [2.05, 4.69) is 43.2 Å². The summed E-state index contributed by atoms with van der Waals surface area (Å²) in [6.45, 7) is 9.14. The molecule has 0 radical (unpaired) electrons. The first-order chi connectivity index (χ1) is 6.45. The SMILES string of the molecule is CC#CCNC(=O)CCNC(C)(C)C. The van der Waals surface area contributed by atoms with Crippen LogP contribution in [-0.4, -0.2) is 24.5 Å². The normalized spacial score (nSPS) is 10.3. The van der Waals surface area contributed by atoms with Crippen molar-refractivity contribution in [1.29, 1.82) is 0 Å². The molecule has 3 nitrogen and oxygen atoms in total. The third-order valence-corrected chi connectivity index (χ3v) is 1.56. The summed E-state index contributed by atoms with van der Waals surface area (Å²) in [7, 11) is 0. The van der Waals surface area contributed by atoms with Crippen LogP contribution in [0.1, 0.15) is 34.1 Å². The van der Waals surface area contributed by atoms with Crippen LogP contribution in [0.5, 0.6) is 0 Å². The number of carbonyl (C=O) groups is 1. The molecular formula is C11H20N2O. The first-order valence-electron chi connectivity index (χ1n) is 4.87. The molecule has 0 fully saturated rings. The molecule has 0 spiro atoms. The van der Waals surface area contributed by atoms with Crippen LogP contribution < -0.4 is 10.6 Å². The summed E-state index contributed by atoms with van der Waals surface area (Å²) >= 11 is 0. The van der Waals surface area contributed by atoms with E-state index in [-0.39, 0.29) is 11.4 Å². The van der Waals surface area contributed by atoms with Crippen molar-refractivity contribution in [3.05, 3.63) is 0 Å². The van der Waals surface area contributed by atoms with Gasteiger partial charge in [-0.25, -0.2) is 0 Å². The Balaban J connectivity index is 3.48. The highest BCUT2D eigenvalue weighted by Gasteiger charge is 2.08. The maximum Gasteiger partial charge on any atom is 0.222 e. The molecule has 0 rings (SSSR count). The monoisotopic (exact) mass is 196 g/mol. The zero-order chi connectivity index (χ0) is 11.0. The molecular weight excluding hydrogens is 176 g/mol. The Morgan fingerprint density at radius 1 is 1.36 bits per heavy atom. The Bertz CT molecular complexity index is 230. The average molecular weight is 196 g/mol. The van der Waals surface area contributed by atoms with Crippen molar-refractivity contribution >= 4 is 5.91 Å². The standard InChI is InChI=1S/C11H20N2O/c1-5-6-8-12-10(14)7-9-13-11(2,3)4/h13H,7-9H2,1-4H3,(H,12,14). The molecule has 14 heavy (non-hydrogen) atoms. The number of carbonyl (C=O) groups excluding carboxylic acids is 1. The van der Waals surface area contributed by atoms with Gasteiger partial charge in [0.25, 0.3) is 0 Å². The number of amides is 1. The molecule has 0 saturated heterocycles. The van der Waals surface area contributed by atoms with Crippen LogP contribution in [0.3, 0.4) is 0 Å². The lowest BCUT2D eigenvalue weighted by atomic mass is 10.1. The van der Waals surface area contributed by atoms with Gasteiger partial charge in [-0.15, -0.1) is 5.92 Å². The molecule has 0 aliphatic rings. The summed E-state index contributed by atoms with van der Waals surface area (Å²) in [5.41, 5.74) is 0.0729. The van der Waals surface area contributed by atoms with Crippen molar-refractivity contribution < 1.29 is 4.79 Å². The number of hydrogen-bond acceptors (Lipinski definition) is 2. The Hall–Kier alpha value is -1.01. The molecule has 0 aromatic heterocycles. The third kappa shape index (κ3) is 9.08. The summed E-state index contributed by atoms with van der Waals surface area (Å²) in [6, 6.07) is 0. The molecule has 1 amide bonds. The number of hydrogen-bond donors (Lipinski definition) is 2. The van der Waals surface area contributed by atoms with E-state index in [0.29, 0.717) is 19.5 Å². The molecule has 2 N–H and O–H groups in total. The summed E-state index contributed by atoms with van der Waals surface area (Å²) in [6.07, 6.45) is 0.503. The highest BCUT2D eigenvalue weighted by Crippen LogP contribution is 1.97. The second kappa shape index (κ2) is 6.44. The largest absolute Gasteiger partial charge is 0.345 e. The summed E-state index contributed by atoms with van der Waals surface area (Å²) in [4.78, 5) is 11.2. The lowest BCUT2D eigenvalue weighted by molar-refractivity contribution is -0.120. The lowest BCUT2D eigenvalue weighted by Gasteiger charge is -2.19. The minimum Gasteiger partial charge on any atom is -0.345 e. The molecule has 0 bridgehead atoms. The van der Waals surface area contributed by atoms with Gasteiger partial charge in [0, 0.05) is 18.5 Å². The van der Waals surface area contributed by atoms with Crippen molar-refractivity contribution in [1.82, 2.24) is 10.6 Å². The average Bonchev–Trinajstić information content (AvgIpc) is 2.02. The van der Waals surface area contributed by atoms with Gasteiger partial charge in [0.2, 0.25) is 5.91 Å². The second-order valence-electron chi connectivity index (χ2n) is 4.13. The minimum absolute atomic E-state index is 0.0458. The molecule has 0 aliphatic heterocycles. The third-order valence-electron chi connectivity index (χ3n) is 1.56. The van der Waals surface area contributed by atoms with Crippen molar-refractivity contribution in [3.8, 4) is 11.8 Å². The predicted octanol–water partition coefficient (Wildman–Crippen LogP) is 0.904. The van der Waals surface area contributed by atoms with Crippen molar-refractivity contribution in [2.75, 3.05) is 13.1 Å². The fourth-order valence-electron chi connectivity index (χ4n) is 0.871. The summed E-state index contributed by atoms with van der Waals surface area (Å²) in [5, 5.41) is 5.96. The summed E-state index contributed by atoms with van der Waals surface area (Å²) < 4.78 is 0. The molecule has 3 heteroatoms. The summed E-state index contributed by atoms with van der Waals surface area (Å²) in [5.74, 6) is 5.55. The second-order valence-corrected chi connectivity index (χ2v) is 4.13. The van der Waals surface area contributed by atoms with Crippen molar-refractivity contribution in [3.63, 3.8) is 0 Å². The van der Waals surface area contributed by atoms with Crippen LogP contribution in [0.15, 0.2) is 0 Å². The molecule has 80 valence electrons. The van der Waals surface area contributed by atoms with Crippen LogP contribution in [0.25, 0.3) is 0 Å². The van der Waals surface area contributed by atoms with Gasteiger partial charge in [0.1, 0.15) is 0 Å². The van der Waals surface area contributed by atoms with E-state index in [1.807, 2.05) is 0 Å². The Kier molecular flexibility index (Phi) is 5.98. The molecule has 0 aliphatic carbocycles. The van der Waals surface area contributed by atoms with Crippen molar-refractivity contribution in [2.45, 2.75) is 39.7 Å². The smallest absolute Gasteiger partial charge is 0.222 e. The van der Waals surface area contributed by atoms with Crippen LogP contribution in [0, 0.1) is 11.8 Å². The van der Waals surface area contributed by atoms with E-state index in [0.717, 1.165) is 0 Å². The van der Waals surface area contributed by atoms with Gasteiger partial charge in [-0.1, -0.05) is 5.92 Å². The predicted molar refractivity (Wildman–Crippen MR) is 58.8 cm³/mol. The molecule has 0 unspecified atom stereocenters. The zero-order valence-electron chi connectivity index (χ0n) is 9.53. The maximum absolute atomic E-state index is 11.2. The van der Waals surface area contributed by atoms with Gasteiger partial charge in [0.05, 0.1) is 6.54 Å². The first-order valence-corrected chi connectivity index (χ1v) is 4.87. The molecule has 0 atom stereocenters. The Morgan fingerprint density at radius 3 is 2.50 bits per heavy atom. The van der Waals surface area contributed by atoms with E-state index in [1.165, 1.54) is 0 Å². The topological polar surface area (TPSA) is 41.1 Å². The van der Waals surface area contributed by atoms with Gasteiger partial charge >= 0.3 is 0 Å². The van der Waals surface area contributed by atoms with Gasteiger partial charge < -0.3 is 10.6 Å². The fraction of sp³-hybridized carbons (Fsp3) is 0.727. The minimum atomic E-state index is 0.0458. The van der Waals surface area contributed by atoms with Gasteiger partial charge in [-0.3, -0.25) is 4.79 Å². The Labute approximate surface area is 86.6 Å². The first kappa shape index (κ1) is 13.0. The molecule has 0 aromatic rings. The molecule has 0 heterocycles. The van der Waals surface area contributed by atoms with Crippen LogP contribution in [0.4, 0.5) is 0 Å². The quantitative estimate of drug-likeness (QED) is 0.656. The van der Waals surface area contributed by atoms with E-state index in [9.17, 15) is 4.79 Å². The van der Waals surface area contributed by atoms with Gasteiger partial charge in [-0.2, -0.15) is 0 Å². The highest BCUT2D eigenvalue weighted by molar-refractivity contribution is 5.76. The molecule has 0 aromatic carbocycles. The van der Waals surface area contributed by atoms with Crippen LogP contribution >= 0.6 is 0 Å². The van der Waals surface area contributed by atoms with Gasteiger partial charge in [0.15, 0.2) is 0 Å². The Morgan fingerprint density at radius 2 is 2.00 bits per heavy atom. The number of rotatable bonds is 4. The fourth-order valence-corrected chi connectivity index (χ4v) is 0.871. The zero-order valence-corrected chi connectivity index (χ0v) is 9.53. The van der Waals surface area contributed by atoms with Gasteiger partial charge in [-0.05, 0) is 27.7 Å². The van der Waals surface area contributed by atoms with Crippen LogP contribution in [0.2, 0.25) is 0 Å². The van der Waals surface area contributed by atoms with Crippen LogP contribution in [-0.2, 0) is 4.79 Å². The van der Waals surface area contributed by atoms with E-state index >= 15 is 0 Å². The van der Waals surface area contributed by atoms with E-state index in [1.54, 1.807) is 6.92 Å². The lowest BCUT2D eigenvalue weighted by Crippen LogP contribution is -2.38. The van der Waals surface area contributed by atoms with E-state index in [4.69, 9.17) is 0 Å². The van der Waals surface area contributed by atoms with E-state index < -0.39 is 0 Å². The highest BCUT2D eigenvalue weighted by atomic mass is 16.1. The number of nitrogens with one attached hydrogen (secondary N) is 2. The van der Waals surface area contributed by atoms with Crippen molar-refractivity contribution in [2.24, 2.45) is 0 Å².